The normalized spacial score (nSPS) is 13.0. The second-order valence-electron chi connectivity index (χ2n) is 5.58. The summed E-state index contributed by atoms with van der Waals surface area (Å²) in [7, 11) is 0. The highest BCUT2D eigenvalue weighted by Gasteiger charge is 2.24. The molecule has 1 N–H and O–H groups in total. The van der Waals surface area contributed by atoms with Gasteiger partial charge in [0.05, 0.1) is 11.4 Å². The van der Waals surface area contributed by atoms with Crippen LogP contribution in [0.3, 0.4) is 0 Å². The molecule has 4 heteroatoms. The summed E-state index contributed by atoms with van der Waals surface area (Å²) in [5.41, 5.74) is 5.85. The summed E-state index contributed by atoms with van der Waals surface area (Å²) in [5.74, 6) is 1.12. The maximum absolute atomic E-state index is 4.90. The third-order valence-electron chi connectivity index (χ3n) is 4.03. The van der Waals surface area contributed by atoms with E-state index >= 15 is 0 Å². The highest BCUT2D eigenvalue weighted by Crippen LogP contribution is 2.37. The number of hydrogen-bond donors (Lipinski definition) is 1. The number of benzene rings is 2. The molecule has 0 amide bonds. The summed E-state index contributed by atoms with van der Waals surface area (Å²) in [6.07, 6.45) is 1.01. The van der Waals surface area contributed by atoms with Crippen LogP contribution >= 0.6 is 15.9 Å². The third-order valence-corrected chi connectivity index (χ3v) is 4.72. The Morgan fingerprint density at radius 3 is 2.82 bits per heavy atom. The van der Waals surface area contributed by atoms with Crippen LogP contribution in [0.2, 0.25) is 0 Å². The Labute approximate surface area is 138 Å². The molecular formula is C18H16BrN3. The molecule has 110 valence electrons. The van der Waals surface area contributed by atoms with Gasteiger partial charge in [-0.2, -0.15) is 5.10 Å². The second-order valence-corrected chi connectivity index (χ2v) is 6.44. The molecule has 0 radical (unpaired) electrons. The lowest BCUT2D eigenvalue weighted by Gasteiger charge is -2.07. The molecular weight excluding hydrogens is 338 g/mol. The summed E-state index contributed by atoms with van der Waals surface area (Å²) < 4.78 is 3.11. The van der Waals surface area contributed by atoms with Gasteiger partial charge in [0.2, 0.25) is 0 Å². The molecule has 0 bridgehead atoms. The van der Waals surface area contributed by atoms with Crippen LogP contribution in [0.5, 0.6) is 0 Å². The number of fused-ring (bicyclic) bond motifs is 1. The Balaban J connectivity index is 1.93. The maximum Gasteiger partial charge on any atom is 0.133 e. The van der Waals surface area contributed by atoms with E-state index < -0.39 is 0 Å². The van der Waals surface area contributed by atoms with Gasteiger partial charge in [0.1, 0.15) is 5.82 Å². The van der Waals surface area contributed by atoms with Gasteiger partial charge in [-0.3, -0.25) is 0 Å². The number of aryl methyl sites for hydroxylation is 1. The summed E-state index contributed by atoms with van der Waals surface area (Å²) in [4.78, 5) is 0. The van der Waals surface area contributed by atoms with Gasteiger partial charge in [-0.25, -0.2) is 4.68 Å². The summed E-state index contributed by atoms with van der Waals surface area (Å²) in [6, 6.07) is 16.7. The Bertz CT molecular complexity index is 851. The number of anilines is 1. The zero-order chi connectivity index (χ0) is 15.1. The molecule has 0 saturated carbocycles. The molecule has 0 unspecified atom stereocenters. The number of aromatic nitrogens is 2. The average molecular weight is 354 g/mol. The van der Waals surface area contributed by atoms with Crippen molar-refractivity contribution < 1.29 is 0 Å². The van der Waals surface area contributed by atoms with Crippen molar-refractivity contribution in [2.24, 2.45) is 0 Å². The van der Waals surface area contributed by atoms with E-state index in [1.54, 1.807) is 0 Å². The zero-order valence-electron chi connectivity index (χ0n) is 12.3. The number of nitrogens with zero attached hydrogens (tertiary/aromatic N) is 2. The quantitative estimate of drug-likeness (QED) is 0.730. The van der Waals surface area contributed by atoms with Gasteiger partial charge in [-0.1, -0.05) is 46.3 Å². The van der Waals surface area contributed by atoms with Crippen molar-refractivity contribution >= 4 is 21.7 Å². The van der Waals surface area contributed by atoms with E-state index in [1.807, 2.05) is 10.7 Å². The first kappa shape index (κ1) is 13.6. The number of rotatable bonds is 2. The molecule has 0 atom stereocenters. The third kappa shape index (κ3) is 2.15. The van der Waals surface area contributed by atoms with Crippen molar-refractivity contribution in [3.05, 3.63) is 64.1 Å². The average Bonchev–Trinajstić information content (AvgIpc) is 3.10. The van der Waals surface area contributed by atoms with Gasteiger partial charge in [-0.15, -0.1) is 0 Å². The second kappa shape index (κ2) is 5.29. The Morgan fingerprint density at radius 2 is 2.00 bits per heavy atom. The van der Waals surface area contributed by atoms with Gasteiger partial charge in [0, 0.05) is 22.1 Å². The van der Waals surface area contributed by atoms with E-state index in [1.165, 1.54) is 11.1 Å². The fraction of sp³-hybridized carbons (Fsp3) is 0.167. The first-order valence-electron chi connectivity index (χ1n) is 7.42. The van der Waals surface area contributed by atoms with Crippen LogP contribution in [0.15, 0.2) is 53.0 Å². The zero-order valence-corrected chi connectivity index (χ0v) is 13.9. The predicted molar refractivity (Wildman–Crippen MR) is 93.6 cm³/mol. The lowest BCUT2D eigenvalue weighted by molar-refractivity contribution is 0.881. The monoisotopic (exact) mass is 353 g/mol. The molecule has 4 rings (SSSR count). The van der Waals surface area contributed by atoms with Crippen LogP contribution in [0.4, 0.5) is 5.82 Å². The van der Waals surface area contributed by atoms with Crippen molar-refractivity contribution in [3.63, 3.8) is 0 Å². The van der Waals surface area contributed by atoms with Gasteiger partial charge < -0.3 is 5.32 Å². The highest BCUT2D eigenvalue weighted by molar-refractivity contribution is 9.10. The molecule has 0 spiro atoms. The van der Waals surface area contributed by atoms with Crippen molar-refractivity contribution in [2.45, 2.75) is 13.3 Å². The van der Waals surface area contributed by atoms with Crippen LogP contribution in [0.25, 0.3) is 16.9 Å². The Morgan fingerprint density at radius 1 is 1.14 bits per heavy atom. The number of nitrogens with one attached hydrogen (secondary N) is 1. The first-order chi connectivity index (χ1) is 10.7. The van der Waals surface area contributed by atoms with Crippen LogP contribution < -0.4 is 5.32 Å². The van der Waals surface area contributed by atoms with E-state index in [0.717, 1.165) is 40.2 Å². The Hall–Kier alpha value is -2.07. The van der Waals surface area contributed by atoms with E-state index in [0.29, 0.717) is 0 Å². The molecule has 1 aromatic heterocycles. The molecule has 0 saturated heterocycles. The molecule has 2 heterocycles. The molecule has 1 aliphatic rings. The predicted octanol–water partition coefficient (Wildman–Crippen LogP) is 4.58. The standard InChI is InChI=1S/C18H16BrN3/c1-12-5-4-6-13(11-12)22-18-15(9-10-20-18)17(21-22)14-7-2-3-8-16(14)19/h2-8,11,20H,9-10H2,1H3. The smallest absolute Gasteiger partial charge is 0.133 e. The van der Waals surface area contributed by atoms with Gasteiger partial charge >= 0.3 is 0 Å². The van der Waals surface area contributed by atoms with Crippen LogP contribution in [0.1, 0.15) is 11.1 Å². The lowest BCUT2D eigenvalue weighted by atomic mass is 10.1. The molecule has 1 aliphatic heterocycles. The van der Waals surface area contributed by atoms with E-state index in [4.69, 9.17) is 5.10 Å². The van der Waals surface area contributed by atoms with Crippen molar-refractivity contribution in [2.75, 3.05) is 11.9 Å². The minimum atomic E-state index is 0.969. The van der Waals surface area contributed by atoms with Gasteiger partial charge in [0.15, 0.2) is 0 Å². The van der Waals surface area contributed by atoms with Crippen LogP contribution in [-0.4, -0.2) is 16.3 Å². The molecule has 22 heavy (non-hydrogen) atoms. The fourth-order valence-electron chi connectivity index (χ4n) is 2.99. The van der Waals surface area contributed by atoms with E-state index in [-0.39, 0.29) is 0 Å². The molecule has 3 nitrogen and oxygen atoms in total. The van der Waals surface area contributed by atoms with Crippen LogP contribution in [0, 0.1) is 6.92 Å². The maximum atomic E-state index is 4.90. The molecule has 0 fully saturated rings. The molecule has 3 aromatic rings. The van der Waals surface area contributed by atoms with Crippen molar-refractivity contribution in [3.8, 4) is 16.9 Å². The van der Waals surface area contributed by atoms with Crippen molar-refractivity contribution in [1.82, 2.24) is 9.78 Å². The first-order valence-corrected chi connectivity index (χ1v) is 8.21. The Kier molecular flexibility index (Phi) is 3.26. The fourth-order valence-corrected chi connectivity index (χ4v) is 3.46. The highest BCUT2D eigenvalue weighted by atomic mass is 79.9. The van der Waals surface area contributed by atoms with E-state index in [2.05, 4.69) is 70.6 Å². The minimum Gasteiger partial charge on any atom is -0.369 e. The topological polar surface area (TPSA) is 29.9 Å². The van der Waals surface area contributed by atoms with Gasteiger partial charge in [0.25, 0.3) is 0 Å². The van der Waals surface area contributed by atoms with Crippen LogP contribution in [-0.2, 0) is 6.42 Å². The number of halogens is 1. The van der Waals surface area contributed by atoms with E-state index in [9.17, 15) is 0 Å². The molecule has 2 aromatic carbocycles. The lowest BCUT2D eigenvalue weighted by Crippen LogP contribution is -2.04. The number of hydrogen-bond acceptors (Lipinski definition) is 2. The van der Waals surface area contributed by atoms with Crippen molar-refractivity contribution in [1.29, 1.82) is 0 Å². The SMILES string of the molecule is Cc1cccc(-n2nc(-c3ccccc3Br)c3c2NCC3)c1. The minimum absolute atomic E-state index is 0.969. The van der Waals surface area contributed by atoms with Gasteiger partial charge in [-0.05, 0) is 37.1 Å². The largest absolute Gasteiger partial charge is 0.369 e. The molecule has 0 aliphatic carbocycles. The summed E-state index contributed by atoms with van der Waals surface area (Å²) in [5, 5.41) is 8.38. The summed E-state index contributed by atoms with van der Waals surface area (Å²) >= 11 is 3.65. The summed E-state index contributed by atoms with van der Waals surface area (Å²) in [6.45, 7) is 3.08.